The van der Waals surface area contributed by atoms with Crippen LogP contribution in [0.25, 0.3) is 11.1 Å². The summed E-state index contributed by atoms with van der Waals surface area (Å²) in [5.41, 5.74) is 1.82. The van der Waals surface area contributed by atoms with E-state index >= 15 is 0 Å². The van der Waals surface area contributed by atoms with Crippen molar-refractivity contribution >= 4 is 21.6 Å². The molecule has 0 fully saturated rings. The number of sulfone groups is 1. The Morgan fingerprint density at radius 2 is 1.67 bits per heavy atom. The number of hydrogen-bond acceptors (Lipinski definition) is 4. The highest BCUT2D eigenvalue weighted by Gasteiger charge is 2.22. The summed E-state index contributed by atoms with van der Waals surface area (Å²) in [6.07, 6.45) is -1.23. The zero-order valence-electron chi connectivity index (χ0n) is 14.0. The van der Waals surface area contributed by atoms with Gasteiger partial charge in [0.05, 0.1) is 21.4 Å². The Morgan fingerprint density at radius 1 is 0.963 bits per heavy atom. The van der Waals surface area contributed by atoms with Crippen LogP contribution in [0.15, 0.2) is 82.6 Å². The molecule has 0 aliphatic rings. The largest absolute Gasteiger partial charge is 0.465 e. The Kier molecular flexibility index (Phi) is 4.92. The number of hydrogen-bond donors (Lipinski definition) is 2. The summed E-state index contributed by atoms with van der Waals surface area (Å²) in [5, 5.41) is 20.0. The maximum Gasteiger partial charge on any atom is 0.409 e. The van der Waals surface area contributed by atoms with Crippen molar-refractivity contribution in [3.05, 3.63) is 78.4 Å². The molecular weight excluding hydrogens is 364 g/mol. The Labute approximate surface area is 156 Å². The molecule has 2 N–H and O–H groups in total. The minimum atomic E-state index is -3.84. The molecule has 0 atom stereocenters. The molecule has 0 aliphatic carbocycles. The predicted octanol–water partition coefficient (Wildman–Crippen LogP) is 4.15. The van der Waals surface area contributed by atoms with E-state index in [1.807, 2.05) is 6.07 Å². The van der Waals surface area contributed by atoms with Crippen LogP contribution in [-0.4, -0.2) is 19.6 Å². The average molecular weight is 378 g/mol. The number of carbonyl (C=O) groups is 1. The molecule has 3 aromatic rings. The molecular formula is C20H14N2O4S. The van der Waals surface area contributed by atoms with E-state index < -0.39 is 15.9 Å². The second-order valence-corrected chi connectivity index (χ2v) is 7.56. The number of carboxylic acid groups (broad SMARTS) is 1. The van der Waals surface area contributed by atoms with Gasteiger partial charge in [0.15, 0.2) is 0 Å². The van der Waals surface area contributed by atoms with Crippen LogP contribution in [0.3, 0.4) is 0 Å². The molecule has 0 saturated carbocycles. The number of rotatable bonds is 4. The fourth-order valence-corrected chi connectivity index (χ4v) is 4.15. The quantitative estimate of drug-likeness (QED) is 0.709. The Hall–Kier alpha value is -3.63. The number of benzene rings is 3. The van der Waals surface area contributed by atoms with E-state index in [-0.39, 0.29) is 15.5 Å². The van der Waals surface area contributed by atoms with Gasteiger partial charge in [-0.2, -0.15) is 5.26 Å². The molecule has 0 bridgehead atoms. The topological polar surface area (TPSA) is 107 Å². The van der Waals surface area contributed by atoms with Gasteiger partial charge in [0.2, 0.25) is 9.84 Å². The highest BCUT2D eigenvalue weighted by Crippen LogP contribution is 2.32. The summed E-state index contributed by atoms with van der Waals surface area (Å²) in [5.74, 6) is 0. The van der Waals surface area contributed by atoms with Crippen LogP contribution in [0, 0.1) is 11.3 Å². The monoisotopic (exact) mass is 378 g/mol. The van der Waals surface area contributed by atoms with E-state index in [4.69, 9.17) is 10.4 Å². The summed E-state index contributed by atoms with van der Waals surface area (Å²) in [6.45, 7) is 0. The normalized spacial score (nSPS) is 10.8. The molecule has 0 unspecified atom stereocenters. The predicted molar refractivity (Wildman–Crippen MR) is 100 cm³/mol. The van der Waals surface area contributed by atoms with Crippen molar-refractivity contribution in [2.45, 2.75) is 9.79 Å². The lowest BCUT2D eigenvalue weighted by Gasteiger charge is -2.11. The van der Waals surface area contributed by atoms with Crippen LogP contribution in [0.1, 0.15) is 5.56 Å². The standard InChI is InChI=1S/C20H14N2O4S/c21-13-14-4-3-5-15(12-14)18-6-1-2-7-19(18)27(25,26)17-10-8-16(9-11-17)22-20(23)24/h1-12,22H,(H,23,24). The molecule has 7 heteroatoms. The first-order valence-corrected chi connectivity index (χ1v) is 9.35. The van der Waals surface area contributed by atoms with Gasteiger partial charge in [-0.3, -0.25) is 5.32 Å². The Bertz CT molecular complexity index is 1150. The van der Waals surface area contributed by atoms with Crippen LogP contribution < -0.4 is 5.32 Å². The van der Waals surface area contributed by atoms with Crippen LogP contribution in [0.5, 0.6) is 0 Å². The molecule has 0 aromatic heterocycles. The van der Waals surface area contributed by atoms with E-state index in [9.17, 15) is 13.2 Å². The van der Waals surface area contributed by atoms with E-state index in [1.165, 1.54) is 30.3 Å². The van der Waals surface area contributed by atoms with Gasteiger partial charge in [0.1, 0.15) is 0 Å². The van der Waals surface area contributed by atoms with Gasteiger partial charge in [0, 0.05) is 11.3 Å². The van der Waals surface area contributed by atoms with Gasteiger partial charge in [0.25, 0.3) is 0 Å². The molecule has 0 saturated heterocycles. The summed E-state index contributed by atoms with van der Waals surface area (Å²) < 4.78 is 26.2. The first kappa shape index (κ1) is 18.2. The number of nitrogens with one attached hydrogen (secondary N) is 1. The van der Waals surface area contributed by atoms with E-state index in [0.717, 1.165) is 0 Å². The van der Waals surface area contributed by atoms with Crippen LogP contribution in [0.2, 0.25) is 0 Å². The Balaban J connectivity index is 2.08. The molecule has 3 rings (SSSR count). The molecule has 0 aliphatic heterocycles. The summed E-state index contributed by atoms with van der Waals surface area (Å²) in [7, 11) is -3.84. The first-order chi connectivity index (χ1) is 12.9. The first-order valence-electron chi connectivity index (χ1n) is 7.86. The van der Waals surface area contributed by atoms with Crippen molar-refractivity contribution in [2.75, 3.05) is 5.32 Å². The zero-order chi connectivity index (χ0) is 19.4. The fraction of sp³-hybridized carbons (Fsp3) is 0. The third kappa shape index (κ3) is 3.81. The molecule has 6 nitrogen and oxygen atoms in total. The highest BCUT2D eigenvalue weighted by molar-refractivity contribution is 7.91. The van der Waals surface area contributed by atoms with Gasteiger partial charge in [-0.25, -0.2) is 13.2 Å². The molecule has 3 aromatic carbocycles. The number of amides is 1. The second kappa shape index (κ2) is 7.32. The molecule has 27 heavy (non-hydrogen) atoms. The SMILES string of the molecule is N#Cc1cccc(-c2ccccc2S(=O)(=O)c2ccc(NC(=O)O)cc2)c1. The van der Waals surface area contributed by atoms with Crippen LogP contribution in [-0.2, 0) is 9.84 Å². The number of anilines is 1. The minimum absolute atomic E-state index is 0.0438. The maximum atomic E-state index is 13.1. The van der Waals surface area contributed by atoms with E-state index in [0.29, 0.717) is 16.7 Å². The molecule has 0 spiro atoms. The number of nitrogens with zero attached hydrogens (tertiary/aromatic N) is 1. The summed E-state index contributed by atoms with van der Waals surface area (Å²) in [4.78, 5) is 10.8. The van der Waals surface area contributed by atoms with Crippen LogP contribution >= 0.6 is 0 Å². The smallest absolute Gasteiger partial charge is 0.409 e. The van der Waals surface area contributed by atoms with Crippen molar-refractivity contribution in [3.8, 4) is 17.2 Å². The third-order valence-corrected chi connectivity index (χ3v) is 5.72. The molecule has 0 heterocycles. The van der Waals surface area contributed by atoms with Crippen molar-refractivity contribution in [1.82, 2.24) is 0 Å². The Morgan fingerprint density at radius 3 is 2.33 bits per heavy atom. The maximum absolute atomic E-state index is 13.1. The van der Waals surface area contributed by atoms with Crippen molar-refractivity contribution < 1.29 is 18.3 Å². The van der Waals surface area contributed by atoms with Crippen molar-refractivity contribution in [3.63, 3.8) is 0 Å². The van der Waals surface area contributed by atoms with E-state index in [1.54, 1.807) is 42.5 Å². The lowest BCUT2D eigenvalue weighted by molar-refractivity contribution is 0.209. The van der Waals surface area contributed by atoms with Crippen molar-refractivity contribution in [2.24, 2.45) is 0 Å². The van der Waals surface area contributed by atoms with E-state index in [2.05, 4.69) is 5.32 Å². The van der Waals surface area contributed by atoms with Crippen LogP contribution in [0.4, 0.5) is 10.5 Å². The lowest BCUT2D eigenvalue weighted by Crippen LogP contribution is -2.08. The molecule has 1 amide bonds. The van der Waals surface area contributed by atoms with Crippen molar-refractivity contribution in [1.29, 1.82) is 5.26 Å². The van der Waals surface area contributed by atoms with Gasteiger partial charge >= 0.3 is 6.09 Å². The third-order valence-electron chi connectivity index (χ3n) is 3.90. The lowest BCUT2D eigenvalue weighted by atomic mass is 10.0. The average Bonchev–Trinajstić information content (AvgIpc) is 2.68. The minimum Gasteiger partial charge on any atom is -0.465 e. The van der Waals surface area contributed by atoms with Gasteiger partial charge in [-0.05, 0) is 48.0 Å². The van der Waals surface area contributed by atoms with Gasteiger partial charge in [-0.15, -0.1) is 0 Å². The second-order valence-electron chi connectivity index (χ2n) is 5.65. The molecule has 134 valence electrons. The summed E-state index contributed by atoms with van der Waals surface area (Å²) >= 11 is 0. The van der Waals surface area contributed by atoms with Gasteiger partial charge < -0.3 is 5.11 Å². The number of nitriles is 1. The molecule has 0 radical (unpaired) electrons. The zero-order valence-corrected chi connectivity index (χ0v) is 14.8. The van der Waals surface area contributed by atoms with Gasteiger partial charge in [-0.1, -0.05) is 30.3 Å². The highest BCUT2D eigenvalue weighted by atomic mass is 32.2. The summed E-state index contributed by atoms with van der Waals surface area (Å²) in [6, 6.07) is 20.8. The fourth-order valence-electron chi connectivity index (χ4n) is 2.66.